The van der Waals surface area contributed by atoms with E-state index in [1.807, 2.05) is 42.6 Å². The average Bonchev–Trinajstić information content (AvgIpc) is 3.19. The molecule has 4 heteroatoms. The molecule has 134 valence electrons. The number of benzene rings is 2. The van der Waals surface area contributed by atoms with Crippen LogP contribution in [0, 0.1) is 6.92 Å². The lowest BCUT2D eigenvalue weighted by Gasteiger charge is -2.21. The lowest BCUT2D eigenvalue weighted by atomic mass is 9.98. The minimum absolute atomic E-state index is 0.000979. The fourth-order valence-electron chi connectivity index (χ4n) is 2.93. The predicted octanol–water partition coefficient (Wildman–Crippen LogP) is 4.61. The third-order valence-corrected chi connectivity index (χ3v) is 5.41. The highest BCUT2D eigenvalue weighted by atomic mass is 32.1. The molecule has 26 heavy (non-hydrogen) atoms. The molecule has 0 saturated carbocycles. The smallest absolute Gasteiger partial charge is 0.234 e. The van der Waals surface area contributed by atoms with Crippen molar-refractivity contribution in [2.45, 2.75) is 25.9 Å². The maximum Gasteiger partial charge on any atom is 0.234 e. The summed E-state index contributed by atoms with van der Waals surface area (Å²) in [6, 6.07) is 22.7. The summed E-state index contributed by atoms with van der Waals surface area (Å²) in [6.07, 6.45) is 0. The molecule has 0 saturated heterocycles. The van der Waals surface area contributed by atoms with E-state index in [1.165, 1.54) is 5.56 Å². The first kappa shape index (κ1) is 18.4. The maximum atomic E-state index is 12.4. The highest BCUT2D eigenvalue weighted by Crippen LogP contribution is 2.22. The fourth-order valence-corrected chi connectivity index (χ4v) is 3.66. The minimum Gasteiger partial charge on any atom is -0.348 e. The van der Waals surface area contributed by atoms with Crippen LogP contribution < -0.4 is 10.6 Å². The van der Waals surface area contributed by atoms with Gasteiger partial charge in [-0.25, -0.2) is 0 Å². The Kier molecular flexibility index (Phi) is 6.21. The number of carbonyl (C=O) groups excluding carboxylic acids is 1. The van der Waals surface area contributed by atoms with Crippen molar-refractivity contribution in [2.24, 2.45) is 0 Å². The third kappa shape index (κ3) is 4.81. The van der Waals surface area contributed by atoms with E-state index < -0.39 is 0 Å². The minimum atomic E-state index is -0.0143. The van der Waals surface area contributed by atoms with Crippen molar-refractivity contribution in [3.63, 3.8) is 0 Å². The number of thiophene rings is 1. The zero-order valence-corrected chi connectivity index (χ0v) is 15.9. The van der Waals surface area contributed by atoms with Gasteiger partial charge in [0.05, 0.1) is 18.6 Å². The molecule has 3 nitrogen and oxygen atoms in total. The van der Waals surface area contributed by atoms with Gasteiger partial charge in [0.2, 0.25) is 5.91 Å². The van der Waals surface area contributed by atoms with Crippen LogP contribution in [0.15, 0.2) is 72.1 Å². The second-order valence-electron chi connectivity index (χ2n) is 6.44. The van der Waals surface area contributed by atoms with Crippen LogP contribution in [-0.2, 0) is 4.79 Å². The molecular weight excluding hydrogens is 340 g/mol. The summed E-state index contributed by atoms with van der Waals surface area (Å²) in [6.45, 7) is 4.36. The van der Waals surface area contributed by atoms with Crippen LogP contribution in [0.1, 0.15) is 40.6 Å². The Morgan fingerprint density at radius 1 is 0.962 bits per heavy atom. The normalized spacial score (nSPS) is 13.2. The largest absolute Gasteiger partial charge is 0.348 e. The van der Waals surface area contributed by atoms with E-state index in [1.54, 1.807) is 11.3 Å². The molecule has 1 heterocycles. The quantitative estimate of drug-likeness (QED) is 0.643. The van der Waals surface area contributed by atoms with Gasteiger partial charge in [-0.2, -0.15) is 0 Å². The molecule has 3 rings (SSSR count). The van der Waals surface area contributed by atoms with Crippen molar-refractivity contribution in [3.8, 4) is 0 Å². The molecule has 0 radical (unpaired) electrons. The topological polar surface area (TPSA) is 41.1 Å². The van der Waals surface area contributed by atoms with Gasteiger partial charge in [-0.15, -0.1) is 11.3 Å². The Labute approximate surface area is 159 Å². The lowest BCUT2D eigenvalue weighted by Crippen LogP contribution is -2.37. The molecule has 2 atom stereocenters. The van der Waals surface area contributed by atoms with Crippen LogP contribution in [0.3, 0.4) is 0 Å². The highest BCUT2D eigenvalue weighted by Gasteiger charge is 2.16. The first-order valence-corrected chi connectivity index (χ1v) is 9.69. The van der Waals surface area contributed by atoms with Crippen molar-refractivity contribution in [1.29, 1.82) is 0 Å². The Morgan fingerprint density at radius 2 is 1.65 bits per heavy atom. The summed E-state index contributed by atoms with van der Waals surface area (Å²) < 4.78 is 0. The van der Waals surface area contributed by atoms with E-state index >= 15 is 0 Å². The van der Waals surface area contributed by atoms with Gasteiger partial charge in [-0.05, 0) is 36.4 Å². The van der Waals surface area contributed by atoms with Gasteiger partial charge >= 0.3 is 0 Å². The second-order valence-corrected chi connectivity index (χ2v) is 7.42. The molecule has 1 aromatic heterocycles. The molecule has 0 spiro atoms. The zero-order valence-electron chi connectivity index (χ0n) is 15.1. The molecule has 0 unspecified atom stereocenters. The number of carbonyl (C=O) groups is 1. The van der Waals surface area contributed by atoms with Gasteiger partial charge in [0.1, 0.15) is 0 Å². The van der Waals surface area contributed by atoms with E-state index in [2.05, 4.69) is 54.0 Å². The molecule has 3 aromatic rings. The number of rotatable bonds is 7. The van der Waals surface area contributed by atoms with E-state index in [9.17, 15) is 4.79 Å². The third-order valence-electron chi connectivity index (χ3n) is 4.36. The summed E-state index contributed by atoms with van der Waals surface area (Å²) in [7, 11) is 0. The fraction of sp³-hybridized carbons (Fsp3) is 0.227. The van der Waals surface area contributed by atoms with Crippen molar-refractivity contribution >= 4 is 17.2 Å². The van der Waals surface area contributed by atoms with Gasteiger partial charge in [0.15, 0.2) is 0 Å². The standard InChI is InChI=1S/C22H24N2OS/c1-16-10-12-19(13-11-16)22(18-7-4-3-5-8-18)23-15-21(25)24-17(2)20-9-6-14-26-20/h3-14,17,22-23H,15H2,1-2H3,(H,24,25)/t17-,22+/m1/s1. The van der Waals surface area contributed by atoms with Gasteiger partial charge in [-0.1, -0.05) is 66.2 Å². The molecule has 2 N–H and O–H groups in total. The van der Waals surface area contributed by atoms with Crippen LogP contribution in [0.5, 0.6) is 0 Å². The van der Waals surface area contributed by atoms with E-state index in [4.69, 9.17) is 0 Å². The summed E-state index contributed by atoms with van der Waals surface area (Å²) in [5.41, 5.74) is 3.53. The van der Waals surface area contributed by atoms with Gasteiger partial charge in [0.25, 0.3) is 0 Å². The molecule has 0 bridgehead atoms. The molecule has 0 aliphatic heterocycles. The van der Waals surface area contributed by atoms with Gasteiger partial charge in [0, 0.05) is 4.88 Å². The van der Waals surface area contributed by atoms with Crippen LogP contribution in [0.4, 0.5) is 0 Å². The number of nitrogens with one attached hydrogen (secondary N) is 2. The monoisotopic (exact) mass is 364 g/mol. The Hall–Kier alpha value is -2.43. The zero-order chi connectivity index (χ0) is 18.4. The number of aryl methyl sites for hydroxylation is 1. The summed E-state index contributed by atoms with van der Waals surface area (Å²) >= 11 is 1.66. The molecule has 0 aliphatic carbocycles. The lowest BCUT2D eigenvalue weighted by molar-refractivity contribution is -0.120. The molecule has 0 fully saturated rings. The van der Waals surface area contributed by atoms with E-state index in [0.717, 1.165) is 16.0 Å². The number of hydrogen-bond donors (Lipinski definition) is 2. The van der Waals surface area contributed by atoms with Crippen molar-refractivity contribution in [2.75, 3.05) is 6.54 Å². The summed E-state index contributed by atoms with van der Waals surface area (Å²) in [4.78, 5) is 13.6. The Bertz CT molecular complexity index is 813. The van der Waals surface area contributed by atoms with E-state index in [-0.39, 0.29) is 24.5 Å². The first-order chi connectivity index (χ1) is 12.6. The number of amides is 1. The van der Waals surface area contributed by atoms with Crippen LogP contribution >= 0.6 is 11.3 Å². The second kappa shape index (κ2) is 8.79. The molecule has 2 aromatic carbocycles. The molecular formula is C22H24N2OS. The van der Waals surface area contributed by atoms with Crippen LogP contribution in [0.2, 0.25) is 0 Å². The van der Waals surface area contributed by atoms with Crippen LogP contribution in [-0.4, -0.2) is 12.5 Å². The maximum absolute atomic E-state index is 12.4. The Balaban J connectivity index is 1.68. The predicted molar refractivity (Wildman–Crippen MR) is 108 cm³/mol. The Morgan fingerprint density at radius 3 is 2.31 bits per heavy atom. The molecule has 0 aliphatic rings. The van der Waals surface area contributed by atoms with Crippen molar-refractivity contribution in [1.82, 2.24) is 10.6 Å². The summed E-state index contributed by atoms with van der Waals surface area (Å²) in [5, 5.41) is 8.50. The van der Waals surface area contributed by atoms with Gasteiger partial charge in [-0.3, -0.25) is 10.1 Å². The SMILES string of the molecule is Cc1ccc([C@@H](NCC(=O)N[C@H](C)c2cccs2)c2ccccc2)cc1. The highest BCUT2D eigenvalue weighted by molar-refractivity contribution is 7.10. The van der Waals surface area contributed by atoms with Gasteiger partial charge < -0.3 is 5.32 Å². The van der Waals surface area contributed by atoms with E-state index in [0.29, 0.717) is 0 Å². The molecule has 1 amide bonds. The van der Waals surface area contributed by atoms with Crippen molar-refractivity contribution < 1.29 is 4.79 Å². The summed E-state index contributed by atoms with van der Waals surface area (Å²) in [5.74, 6) is -0.000979. The average molecular weight is 365 g/mol. The van der Waals surface area contributed by atoms with Crippen molar-refractivity contribution in [3.05, 3.63) is 93.7 Å². The number of hydrogen-bond acceptors (Lipinski definition) is 3. The first-order valence-electron chi connectivity index (χ1n) is 8.81. The van der Waals surface area contributed by atoms with Crippen LogP contribution in [0.25, 0.3) is 0 Å².